The summed E-state index contributed by atoms with van der Waals surface area (Å²) in [5.41, 5.74) is 2.61. The Kier molecular flexibility index (Phi) is 3.25. The molecule has 2 heterocycles. The summed E-state index contributed by atoms with van der Waals surface area (Å²) in [6, 6.07) is 6.94. The van der Waals surface area contributed by atoms with Gasteiger partial charge in [0.15, 0.2) is 0 Å². The summed E-state index contributed by atoms with van der Waals surface area (Å²) in [4.78, 5) is 7.42. The Morgan fingerprint density at radius 1 is 1.32 bits per heavy atom. The monoisotopic (exact) mass is 257 g/mol. The maximum atomic E-state index is 5.54. The summed E-state index contributed by atoms with van der Waals surface area (Å²) >= 11 is 0. The van der Waals surface area contributed by atoms with E-state index in [1.165, 1.54) is 11.1 Å². The number of aromatic nitrogens is 2. The molecule has 0 saturated heterocycles. The van der Waals surface area contributed by atoms with Gasteiger partial charge < -0.3 is 15.0 Å². The number of hydrogen-bond acceptors (Lipinski definition) is 3. The lowest BCUT2D eigenvalue weighted by atomic mass is 10.0. The Hall–Kier alpha value is -1.81. The first-order chi connectivity index (χ1) is 9.24. The molecule has 0 amide bonds. The van der Waals surface area contributed by atoms with Gasteiger partial charge in [0.1, 0.15) is 11.6 Å². The number of rotatable bonds is 4. The molecule has 0 aliphatic carbocycles. The average Bonchev–Trinajstić information content (AvgIpc) is 3.09. The molecular formula is C15H19N3O. The Morgan fingerprint density at radius 2 is 2.21 bits per heavy atom. The van der Waals surface area contributed by atoms with Gasteiger partial charge in [0, 0.05) is 24.9 Å². The van der Waals surface area contributed by atoms with Crippen LogP contribution in [-0.4, -0.2) is 16.6 Å². The molecule has 2 N–H and O–H groups in total. The molecule has 100 valence electrons. The summed E-state index contributed by atoms with van der Waals surface area (Å²) in [5, 5.41) is 3.56. The van der Waals surface area contributed by atoms with Crippen molar-refractivity contribution < 1.29 is 4.74 Å². The predicted octanol–water partition coefficient (Wildman–Crippen LogP) is 2.76. The maximum absolute atomic E-state index is 5.54. The van der Waals surface area contributed by atoms with E-state index in [0.29, 0.717) is 0 Å². The van der Waals surface area contributed by atoms with Crippen LogP contribution in [0.3, 0.4) is 0 Å². The number of H-pyrrole nitrogens is 1. The SMILES string of the molecule is CC(NC(C)c1ncc[nH]1)c1ccc2c(c1)CCO2. The Bertz CT molecular complexity index is 551. The van der Waals surface area contributed by atoms with Crippen molar-refractivity contribution in [3.05, 3.63) is 47.5 Å². The third-order valence-electron chi connectivity index (χ3n) is 3.64. The number of nitrogens with one attached hydrogen (secondary N) is 2. The van der Waals surface area contributed by atoms with Gasteiger partial charge in [-0.25, -0.2) is 4.98 Å². The van der Waals surface area contributed by atoms with Crippen molar-refractivity contribution >= 4 is 0 Å². The highest BCUT2D eigenvalue weighted by molar-refractivity contribution is 5.40. The summed E-state index contributed by atoms with van der Waals surface area (Å²) in [6.07, 6.45) is 4.65. The largest absolute Gasteiger partial charge is 0.493 e. The van der Waals surface area contributed by atoms with Crippen molar-refractivity contribution in [2.45, 2.75) is 32.4 Å². The molecule has 0 spiro atoms. The molecular weight excluding hydrogens is 238 g/mol. The number of fused-ring (bicyclic) bond motifs is 1. The average molecular weight is 257 g/mol. The van der Waals surface area contributed by atoms with E-state index < -0.39 is 0 Å². The van der Waals surface area contributed by atoms with Gasteiger partial charge in [0.25, 0.3) is 0 Å². The van der Waals surface area contributed by atoms with Crippen LogP contribution >= 0.6 is 0 Å². The molecule has 1 aromatic carbocycles. The highest BCUT2D eigenvalue weighted by atomic mass is 16.5. The lowest BCUT2D eigenvalue weighted by Crippen LogP contribution is -2.23. The lowest BCUT2D eigenvalue weighted by Gasteiger charge is -2.19. The van der Waals surface area contributed by atoms with Crippen LogP contribution in [0.15, 0.2) is 30.6 Å². The third kappa shape index (κ3) is 2.49. The van der Waals surface area contributed by atoms with Crippen LogP contribution in [0, 0.1) is 0 Å². The fourth-order valence-corrected chi connectivity index (χ4v) is 2.54. The highest BCUT2D eigenvalue weighted by Gasteiger charge is 2.16. The van der Waals surface area contributed by atoms with E-state index in [4.69, 9.17) is 4.74 Å². The molecule has 4 nitrogen and oxygen atoms in total. The minimum atomic E-state index is 0.203. The molecule has 4 heteroatoms. The second kappa shape index (κ2) is 5.05. The fourth-order valence-electron chi connectivity index (χ4n) is 2.54. The van der Waals surface area contributed by atoms with Crippen LogP contribution in [-0.2, 0) is 6.42 Å². The minimum absolute atomic E-state index is 0.203. The number of hydrogen-bond donors (Lipinski definition) is 2. The van der Waals surface area contributed by atoms with Crippen LogP contribution in [0.4, 0.5) is 0 Å². The fraction of sp³-hybridized carbons (Fsp3) is 0.400. The van der Waals surface area contributed by atoms with E-state index in [1.54, 1.807) is 6.20 Å². The van der Waals surface area contributed by atoms with E-state index in [0.717, 1.165) is 24.6 Å². The summed E-state index contributed by atoms with van der Waals surface area (Å²) in [5.74, 6) is 2.01. The molecule has 1 aliphatic heterocycles. The number of benzene rings is 1. The van der Waals surface area contributed by atoms with Gasteiger partial charge in [-0.15, -0.1) is 0 Å². The molecule has 0 radical (unpaired) electrons. The van der Waals surface area contributed by atoms with Gasteiger partial charge in [0.05, 0.1) is 12.6 Å². The molecule has 2 unspecified atom stereocenters. The van der Waals surface area contributed by atoms with Crippen molar-refractivity contribution in [1.82, 2.24) is 15.3 Å². The summed E-state index contributed by atoms with van der Waals surface area (Å²) < 4.78 is 5.54. The van der Waals surface area contributed by atoms with Crippen LogP contribution in [0.5, 0.6) is 5.75 Å². The van der Waals surface area contributed by atoms with Gasteiger partial charge >= 0.3 is 0 Å². The molecule has 2 aromatic rings. The van der Waals surface area contributed by atoms with E-state index in [1.807, 2.05) is 6.20 Å². The van der Waals surface area contributed by atoms with E-state index in [-0.39, 0.29) is 12.1 Å². The van der Waals surface area contributed by atoms with Crippen LogP contribution in [0.25, 0.3) is 0 Å². The summed E-state index contributed by atoms with van der Waals surface area (Å²) in [6.45, 7) is 5.10. The van der Waals surface area contributed by atoms with E-state index >= 15 is 0 Å². The predicted molar refractivity (Wildman–Crippen MR) is 74.2 cm³/mol. The van der Waals surface area contributed by atoms with Gasteiger partial charge in [-0.3, -0.25) is 0 Å². The molecule has 0 fully saturated rings. The standard InChI is InChI=1S/C15H19N3O/c1-10(18-11(2)15-16-6-7-17-15)12-3-4-14-13(9-12)5-8-19-14/h3-4,6-7,9-11,18H,5,8H2,1-2H3,(H,16,17). The second-order valence-corrected chi connectivity index (χ2v) is 5.05. The Labute approximate surface area is 113 Å². The normalized spacial score (nSPS) is 16.7. The van der Waals surface area contributed by atoms with E-state index in [9.17, 15) is 0 Å². The molecule has 3 rings (SSSR count). The van der Waals surface area contributed by atoms with Crippen molar-refractivity contribution in [1.29, 1.82) is 0 Å². The molecule has 2 atom stereocenters. The van der Waals surface area contributed by atoms with Crippen LogP contribution in [0.1, 0.15) is 42.9 Å². The molecule has 0 bridgehead atoms. The second-order valence-electron chi connectivity index (χ2n) is 5.05. The van der Waals surface area contributed by atoms with Crippen LogP contribution < -0.4 is 10.1 Å². The Balaban J connectivity index is 1.72. The molecule has 0 saturated carbocycles. The first-order valence-electron chi connectivity index (χ1n) is 6.75. The zero-order valence-corrected chi connectivity index (χ0v) is 11.3. The first kappa shape index (κ1) is 12.2. The first-order valence-corrected chi connectivity index (χ1v) is 6.75. The minimum Gasteiger partial charge on any atom is -0.493 e. The number of aromatic amines is 1. The van der Waals surface area contributed by atoms with Crippen molar-refractivity contribution in [3.63, 3.8) is 0 Å². The number of nitrogens with zero attached hydrogens (tertiary/aromatic N) is 1. The van der Waals surface area contributed by atoms with Gasteiger partial charge in [-0.2, -0.15) is 0 Å². The molecule has 1 aromatic heterocycles. The lowest BCUT2D eigenvalue weighted by molar-refractivity contribution is 0.356. The van der Waals surface area contributed by atoms with Crippen LogP contribution in [0.2, 0.25) is 0 Å². The summed E-state index contributed by atoms with van der Waals surface area (Å²) in [7, 11) is 0. The zero-order chi connectivity index (χ0) is 13.2. The van der Waals surface area contributed by atoms with Gasteiger partial charge in [-0.1, -0.05) is 12.1 Å². The van der Waals surface area contributed by atoms with Crippen molar-refractivity contribution in [2.24, 2.45) is 0 Å². The number of imidazole rings is 1. The molecule has 1 aliphatic rings. The van der Waals surface area contributed by atoms with E-state index in [2.05, 4.69) is 47.3 Å². The van der Waals surface area contributed by atoms with Crippen molar-refractivity contribution in [2.75, 3.05) is 6.61 Å². The van der Waals surface area contributed by atoms with Crippen molar-refractivity contribution in [3.8, 4) is 5.75 Å². The van der Waals surface area contributed by atoms with Gasteiger partial charge in [0.2, 0.25) is 0 Å². The quantitative estimate of drug-likeness (QED) is 0.885. The topological polar surface area (TPSA) is 49.9 Å². The molecule has 19 heavy (non-hydrogen) atoms. The maximum Gasteiger partial charge on any atom is 0.122 e. The highest BCUT2D eigenvalue weighted by Crippen LogP contribution is 2.28. The smallest absolute Gasteiger partial charge is 0.122 e. The third-order valence-corrected chi connectivity index (χ3v) is 3.64. The van der Waals surface area contributed by atoms with Gasteiger partial charge in [-0.05, 0) is 31.0 Å². The number of ether oxygens (including phenoxy) is 1. The zero-order valence-electron chi connectivity index (χ0n) is 11.3. The Morgan fingerprint density at radius 3 is 3.00 bits per heavy atom.